The molecular formula is C17H17N7O3S. The normalized spacial score (nSPS) is 13.6. The summed E-state index contributed by atoms with van der Waals surface area (Å²) >= 11 is 1.11. The molecule has 11 heteroatoms. The monoisotopic (exact) mass is 399 g/mol. The molecule has 0 aliphatic heterocycles. The second kappa shape index (κ2) is 7.43. The number of Topliss-reactive ketones (excluding diaryl/α,β-unsaturated/α-hetero) is 1. The minimum Gasteiger partial charge on any atom is -0.384 e. The molecule has 1 aromatic carbocycles. The van der Waals surface area contributed by atoms with Crippen molar-refractivity contribution in [1.82, 2.24) is 29.8 Å². The first kappa shape index (κ1) is 18.2. The molecule has 10 nitrogen and oxygen atoms in total. The number of aromatic amines is 1. The summed E-state index contributed by atoms with van der Waals surface area (Å²) in [7, 11) is 0. The Morgan fingerprint density at radius 1 is 1.25 bits per heavy atom. The van der Waals surface area contributed by atoms with E-state index in [1.165, 1.54) is 4.57 Å². The zero-order chi connectivity index (χ0) is 19.7. The minimum atomic E-state index is -0.770. The van der Waals surface area contributed by atoms with Gasteiger partial charge in [-0.15, -0.1) is 5.10 Å². The van der Waals surface area contributed by atoms with Crippen molar-refractivity contribution in [3.63, 3.8) is 0 Å². The first-order chi connectivity index (χ1) is 13.5. The van der Waals surface area contributed by atoms with Crippen LogP contribution in [0.2, 0.25) is 0 Å². The number of benzene rings is 1. The number of anilines is 1. The third kappa shape index (κ3) is 3.60. The molecular weight excluding hydrogens is 382 g/mol. The van der Waals surface area contributed by atoms with Gasteiger partial charge in [0.05, 0.1) is 12.3 Å². The highest BCUT2D eigenvalue weighted by atomic mass is 32.2. The maximum Gasteiger partial charge on any atom is 0.330 e. The van der Waals surface area contributed by atoms with Crippen LogP contribution in [0.15, 0.2) is 45.1 Å². The molecule has 1 fully saturated rings. The third-order valence-electron chi connectivity index (χ3n) is 4.38. The van der Waals surface area contributed by atoms with Crippen LogP contribution >= 0.6 is 11.8 Å². The largest absolute Gasteiger partial charge is 0.384 e. The van der Waals surface area contributed by atoms with Gasteiger partial charge in [-0.3, -0.25) is 19.1 Å². The van der Waals surface area contributed by atoms with Crippen LogP contribution in [0, 0.1) is 0 Å². The predicted molar refractivity (Wildman–Crippen MR) is 102 cm³/mol. The molecule has 3 aromatic rings. The van der Waals surface area contributed by atoms with Crippen LogP contribution in [-0.2, 0) is 6.54 Å². The first-order valence-electron chi connectivity index (χ1n) is 8.65. The Hall–Kier alpha value is -3.21. The molecule has 0 unspecified atom stereocenters. The van der Waals surface area contributed by atoms with Crippen LogP contribution in [0.3, 0.4) is 0 Å². The standard InChI is InChI=1S/C17H17N7O3S/c18-14-13(15(26)19-16(27)24(14)11-6-7-11)12(25)9-28-17-20-21-22-23(17)8-10-4-2-1-3-5-10/h1-5,11H,6-9,18H2,(H,19,26,27). The summed E-state index contributed by atoms with van der Waals surface area (Å²) in [5.41, 5.74) is 5.44. The smallest absolute Gasteiger partial charge is 0.330 e. The molecule has 2 aromatic heterocycles. The Balaban J connectivity index is 1.52. The number of thioether (sulfide) groups is 1. The number of nitrogens with one attached hydrogen (secondary N) is 1. The average molecular weight is 399 g/mol. The van der Waals surface area contributed by atoms with Crippen LogP contribution < -0.4 is 17.0 Å². The highest BCUT2D eigenvalue weighted by Crippen LogP contribution is 2.35. The van der Waals surface area contributed by atoms with Gasteiger partial charge in [0.2, 0.25) is 5.16 Å². The number of nitrogens with two attached hydrogens (primary N) is 1. The molecule has 1 aliphatic rings. The number of hydrogen-bond acceptors (Lipinski definition) is 8. The van der Waals surface area contributed by atoms with E-state index in [2.05, 4.69) is 20.5 Å². The van der Waals surface area contributed by atoms with E-state index in [1.54, 1.807) is 4.68 Å². The number of carbonyl (C=O) groups is 1. The fourth-order valence-electron chi connectivity index (χ4n) is 2.89. The van der Waals surface area contributed by atoms with Gasteiger partial charge < -0.3 is 5.73 Å². The van der Waals surface area contributed by atoms with Gasteiger partial charge in [-0.05, 0) is 28.8 Å². The quantitative estimate of drug-likeness (QED) is 0.431. The van der Waals surface area contributed by atoms with Crippen LogP contribution in [0.5, 0.6) is 0 Å². The van der Waals surface area contributed by atoms with Crippen molar-refractivity contribution < 1.29 is 4.79 Å². The van der Waals surface area contributed by atoms with E-state index in [9.17, 15) is 14.4 Å². The lowest BCUT2D eigenvalue weighted by Crippen LogP contribution is -2.36. The molecule has 144 valence electrons. The lowest BCUT2D eigenvalue weighted by molar-refractivity contribution is 0.102. The van der Waals surface area contributed by atoms with Gasteiger partial charge in [0.1, 0.15) is 11.4 Å². The molecule has 0 amide bonds. The molecule has 0 radical (unpaired) electrons. The van der Waals surface area contributed by atoms with Crippen LogP contribution in [-0.4, -0.2) is 41.3 Å². The van der Waals surface area contributed by atoms with Gasteiger partial charge in [-0.25, -0.2) is 9.48 Å². The number of tetrazole rings is 1. The molecule has 2 heterocycles. The van der Waals surface area contributed by atoms with E-state index in [1.807, 2.05) is 30.3 Å². The third-order valence-corrected chi connectivity index (χ3v) is 5.34. The number of ketones is 1. The number of nitrogen functional groups attached to an aromatic ring is 1. The number of nitrogens with zero attached hydrogens (tertiary/aromatic N) is 5. The topological polar surface area (TPSA) is 142 Å². The molecule has 4 rings (SSSR count). The number of aromatic nitrogens is 6. The summed E-state index contributed by atoms with van der Waals surface area (Å²) in [6, 6.07) is 9.59. The van der Waals surface area contributed by atoms with Crippen molar-refractivity contribution in [3.8, 4) is 0 Å². The Labute approximate surface area is 162 Å². The highest BCUT2D eigenvalue weighted by molar-refractivity contribution is 7.99. The number of rotatable bonds is 7. The van der Waals surface area contributed by atoms with E-state index in [4.69, 9.17) is 5.73 Å². The van der Waals surface area contributed by atoms with Crippen molar-refractivity contribution in [3.05, 3.63) is 62.3 Å². The molecule has 1 saturated carbocycles. The average Bonchev–Trinajstić information content (AvgIpc) is 3.39. The summed E-state index contributed by atoms with van der Waals surface area (Å²) in [5, 5.41) is 12.0. The molecule has 3 N–H and O–H groups in total. The van der Waals surface area contributed by atoms with E-state index in [0.29, 0.717) is 11.7 Å². The summed E-state index contributed by atoms with van der Waals surface area (Å²) < 4.78 is 2.87. The summed E-state index contributed by atoms with van der Waals surface area (Å²) in [5.74, 6) is -0.635. The van der Waals surface area contributed by atoms with Gasteiger partial charge >= 0.3 is 5.69 Å². The molecule has 0 atom stereocenters. The number of hydrogen-bond donors (Lipinski definition) is 2. The maximum atomic E-state index is 12.6. The highest BCUT2D eigenvalue weighted by Gasteiger charge is 2.30. The van der Waals surface area contributed by atoms with Gasteiger partial charge in [0, 0.05) is 6.04 Å². The van der Waals surface area contributed by atoms with Crippen molar-refractivity contribution in [2.75, 3.05) is 11.5 Å². The SMILES string of the molecule is Nc1c(C(=O)CSc2nnnn2Cc2ccccc2)c(=O)[nH]c(=O)n1C1CC1. The molecule has 0 spiro atoms. The van der Waals surface area contributed by atoms with Gasteiger partial charge in [0.25, 0.3) is 5.56 Å². The minimum absolute atomic E-state index is 0.0540. The Kier molecular flexibility index (Phi) is 4.82. The molecule has 0 bridgehead atoms. The van der Waals surface area contributed by atoms with E-state index in [0.717, 1.165) is 30.2 Å². The van der Waals surface area contributed by atoms with Crippen molar-refractivity contribution >= 4 is 23.4 Å². The lowest BCUT2D eigenvalue weighted by Gasteiger charge is -2.10. The van der Waals surface area contributed by atoms with Crippen LogP contribution in [0.25, 0.3) is 0 Å². The molecule has 0 saturated heterocycles. The van der Waals surface area contributed by atoms with E-state index in [-0.39, 0.29) is 23.2 Å². The predicted octanol–water partition coefficient (Wildman–Crippen LogP) is 0.463. The Bertz CT molecular complexity index is 1130. The summed E-state index contributed by atoms with van der Waals surface area (Å²) in [6.07, 6.45) is 1.60. The van der Waals surface area contributed by atoms with E-state index < -0.39 is 17.0 Å². The van der Waals surface area contributed by atoms with Gasteiger partial charge in [0.15, 0.2) is 5.78 Å². The second-order valence-electron chi connectivity index (χ2n) is 6.44. The van der Waals surface area contributed by atoms with Crippen LogP contribution in [0.1, 0.15) is 34.8 Å². The molecule has 28 heavy (non-hydrogen) atoms. The number of carbonyl (C=O) groups excluding carboxylic acids is 1. The summed E-state index contributed by atoms with van der Waals surface area (Å²) in [4.78, 5) is 38.9. The fourth-order valence-corrected chi connectivity index (χ4v) is 3.64. The number of H-pyrrole nitrogens is 1. The Morgan fingerprint density at radius 2 is 2.00 bits per heavy atom. The van der Waals surface area contributed by atoms with Crippen molar-refractivity contribution in [2.45, 2.75) is 30.6 Å². The van der Waals surface area contributed by atoms with Gasteiger partial charge in [-0.1, -0.05) is 42.1 Å². The molecule has 1 aliphatic carbocycles. The van der Waals surface area contributed by atoms with Gasteiger partial charge in [-0.2, -0.15) is 0 Å². The zero-order valence-electron chi connectivity index (χ0n) is 14.7. The zero-order valence-corrected chi connectivity index (χ0v) is 15.6. The maximum absolute atomic E-state index is 12.6. The van der Waals surface area contributed by atoms with Crippen molar-refractivity contribution in [1.29, 1.82) is 0 Å². The van der Waals surface area contributed by atoms with Crippen molar-refractivity contribution in [2.24, 2.45) is 0 Å². The fraction of sp³-hybridized carbons (Fsp3) is 0.294. The second-order valence-corrected chi connectivity index (χ2v) is 7.38. The van der Waals surface area contributed by atoms with E-state index >= 15 is 0 Å². The van der Waals surface area contributed by atoms with Crippen LogP contribution in [0.4, 0.5) is 5.82 Å². The lowest BCUT2D eigenvalue weighted by atomic mass is 10.2. The first-order valence-corrected chi connectivity index (χ1v) is 9.63. The summed E-state index contributed by atoms with van der Waals surface area (Å²) in [6.45, 7) is 0.458. The Morgan fingerprint density at radius 3 is 2.71 bits per heavy atom.